The summed E-state index contributed by atoms with van der Waals surface area (Å²) >= 11 is 0. The van der Waals surface area contributed by atoms with Crippen LogP contribution in [0, 0.1) is 17.8 Å². The first-order valence-electron chi connectivity index (χ1n) is 11.4. The van der Waals surface area contributed by atoms with Crippen LogP contribution in [0.2, 0.25) is 0 Å². The lowest BCUT2D eigenvalue weighted by Crippen LogP contribution is -2.13. The summed E-state index contributed by atoms with van der Waals surface area (Å²) < 4.78 is 0. The smallest absolute Gasteiger partial charge is 0.0255 e. The van der Waals surface area contributed by atoms with Crippen molar-refractivity contribution in [2.24, 2.45) is 5.92 Å². The molecule has 1 aliphatic rings. The van der Waals surface area contributed by atoms with Crippen molar-refractivity contribution in [1.82, 2.24) is 0 Å². The van der Waals surface area contributed by atoms with Gasteiger partial charge in [-0.05, 0) is 90.1 Å². The molecular formula is C29H32. The van der Waals surface area contributed by atoms with Gasteiger partial charge in [0, 0.05) is 11.1 Å². The summed E-state index contributed by atoms with van der Waals surface area (Å²) in [5.41, 5.74) is 5.08. The van der Waals surface area contributed by atoms with Crippen LogP contribution in [0.25, 0.3) is 10.8 Å². The maximum absolute atomic E-state index is 3.35. The van der Waals surface area contributed by atoms with Crippen LogP contribution in [0.3, 0.4) is 0 Å². The molecule has 0 bridgehead atoms. The van der Waals surface area contributed by atoms with E-state index in [1.54, 1.807) is 0 Å². The Labute approximate surface area is 176 Å². The second-order valence-corrected chi connectivity index (χ2v) is 8.63. The fourth-order valence-electron chi connectivity index (χ4n) is 4.77. The Hall–Kier alpha value is -2.52. The summed E-state index contributed by atoms with van der Waals surface area (Å²) in [4.78, 5) is 0. The zero-order valence-electron chi connectivity index (χ0n) is 17.9. The standard InChI is InChI=1S/C29H32/c1-3-5-23-9-14-26(15-10-23)27-16-11-24(12-17-27)6-7-25-13-19-28-20-22(4-2)8-18-29(28)21-25/h8,11-13,16-21,23,26H,3-5,9-10,14-15H2,1-2H3/t23-,26-. The molecule has 0 radical (unpaired) electrons. The third-order valence-electron chi connectivity index (χ3n) is 6.59. The van der Waals surface area contributed by atoms with E-state index in [1.807, 2.05) is 0 Å². The molecule has 0 nitrogen and oxygen atoms in total. The average Bonchev–Trinajstić information content (AvgIpc) is 2.78. The molecule has 0 atom stereocenters. The van der Waals surface area contributed by atoms with Crippen molar-refractivity contribution in [3.8, 4) is 11.8 Å². The van der Waals surface area contributed by atoms with Gasteiger partial charge in [-0.2, -0.15) is 0 Å². The zero-order valence-corrected chi connectivity index (χ0v) is 17.9. The predicted molar refractivity (Wildman–Crippen MR) is 125 cm³/mol. The highest BCUT2D eigenvalue weighted by atomic mass is 14.3. The average molecular weight is 381 g/mol. The van der Waals surface area contributed by atoms with E-state index in [0.29, 0.717) is 0 Å². The van der Waals surface area contributed by atoms with Gasteiger partial charge in [0.2, 0.25) is 0 Å². The molecule has 0 aromatic heterocycles. The minimum absolute atomic E-state index is 0.749. The Kier molecular flexibility index (Phi) is 6.36. The lowest BCUT2D eigenvalue weighted by molar-refractivity contribution is 0.308. The Bertz CT molecular complexity index is 1010. The van der Waals surface area contributed by atoms with E-state index in [2.05, 4.69) is 86.4 Å². The fourth-order valence-corrected chi connectivity index (χ4v) is 4.77. The van der Waals surface area contributed by atoms with E-state index in [9.17, 15) is 0 Å². The van der Waals surface area contributed by atoms with Crippen LogP contribution in [0.15, 0.2) is 60.7 Å². The first-order valence-corrected chi connectivity index (χ1v) is 11.4. The molecule has 0 aliphatic heterocycles. The lowest BCUT2D eigenvalue weighted by atomic mass is 9.77. The molecule has 148 valence electrons. The molecule has 3 aromatic rings. The van der Waals surface area contributed by atoms with E-state index in [-0.39, 0.29) is 0 Å². The molecule has 0 spiro atoms. The summed E-state index contributed by atoms with van der Waals surface area (Å²) in [6.45, 7) is 4.51. The zero-order chi connectivity index (χ0) is 20.1. The van der Waals surface area contributed by atoms with E-state index >= 15 is 0 Å². The predicted octanol–water partition coefficient (Wildman–Crippen LogP) is 7.88. The molecule has 4 rings (SSSR count). The Morgan fingerprint density at radius 2 is 1.38 bits per heavy atom. The van der Waals surface area contributed by atoms with Crippen LogP contribution < -0.4 is 0 Å². The van der Waals surface area contributed by atoms with Crippen molar-refractivity contribution >= 4 is 10.8 Å². The van der Waals surface area contributed by atoms with Crippen molar-refractivity contribution in [2.45, 2.75) is 64.7 Å². The molecule has 1 aliphatic carbocycles. The Morgan fingerprint density at radius 3 is 2.10 bits per heavy atom. The second kappa shape index (κ2) is 9.32. The van der Waals surface area contributed by atoms with Crippen LogP contribution in [-0.2, 0) is 6.42 Å². The topological polar surface area (TPSA) is 0 Å². The first-order chi connectivity index (χ1) is 14.2. The van der Waals surface area contributed by atoms with Gasteiger partial charge in [0.05, 0.1) is 0 Å². The van der Waals surface area contributed by atoms with Crippen LogP contribution in [-0.4, -0.2) is 0 Å². The molecule has 0 amide bonds. The maximum atomic E-state index is 3.35. The minimum atomic E-state index is 0.749. The monoisotopic (exact) mass is 380 g/mol. The SMILES string of the molecule is CCC[C@H]1CC[C@H](c2ccc(C#Cc3ccc4cc(CC)ccc4c3)cc2)CC1. The molecule has 0 heterocycles. The van der Waals surface area contributed by atoms with Gasteiger partial charge in [-0.15, -0.1) is 0 Å². The normalized spacial score (nSPS) is 19.0. The molecule has 1 fully saturated rings. The minimum Gasteiger partial charge on any atom is -0.0654 e. The van der Waals surface area contributed by atoms with Crippen molar-refractivity contribution in [2.75, 3.05) is 0 Å². The van der Waals surface area contributed by atoms with Crippen LogP contribution in [0.5, 0.6) is 0 Å². The highest BCUT2D eigenvalue weighted by molar-refractivity contribution is 5.84. The largest absolute Gasteiger partial charge is 0.0654 e. The van der Waals surface area contributed by atoms with Gasteiger partial charge < -0.3 is 0 Å². The molecule has 3 aromatic carbocycles. The fraction of sp³-hybridized carbons (Fsp3) is 0.379. The summed E-state index contributed by atoms with van der Waals surface area (Å²) in [6, 6.07) is 22.3. The van der Waals surface area contributed by atoms with Crippen LogP contribution in [0.1, 0.15) is 80.5 Å². The molecule has 1 saturated carbocycles. The molecule has 0 heteroatoms. The Balaban J connectivity index is 1.43. The summed E-state index contributed by atoms with van der Waals surface area (Å²) in [5, 5.41) is 2.57. The van der Waals surface area contributed by atoms with E-state index in [1.165, 1.54) is 60.4 Å². The van der Waals surface area contributed by atoms with E-state index in [4.69, 9.17) is 0 Å². The lowest BCUT2D eigenvalue weighted by Gasteiger charge is -2.28. The molecular weight excluding hydrogens is 348 g/mol. The van der Waals surface area contributed by atoms with Gasteiger partial charge in [0.25, 0.3) is 0 Å². The molecule has 29 heavy (non-hydrogen) atoms. The number of fused-ring (bicyclic) bond motifs is 1. The number of benzene rings is 3. The second-order valence-electron chi connectivity index (χ2n) is 8.63. The molecule has 0 N–H and O–H groups in total. The number of aryl methyl sites for hydroxylation is 1. The molecule has 0 unspecified atom stereocenters. The van der Waals surface area contributed by atoms with Crippen LogP contribution in [0.4, 0.5) is 0 Å². The quantitative estimate of drug-likeness (QED) is 0.404. The van der Waals surface area contributed by atoms with Crippen LogP contribution >= 0.6 is 0 Å². The van der Waals surface area contributed by atoms with Crippen molar-refractivity contribution < 1.29 is 0 Å². The third kappa shape index (κ3) is 4.91. The van der Waals surface area contributed by atoms with Gasteiger partial charge in [-0.3, -0.25) is 0 Å². The number of rotatable bonds is 4. The summed E-state index contributed by atoms with van der Waals surface area (Å²) in [5.74, 6) is 8.42. The number of hydrogen-bond donors (Lipinski definition) is 0. The van der Waals surface area contributed by atoms with Crippen molar-refractivity contribution in [3.05, 3.63) is 82.9 Å². The van der Waals surface area contributed by atoms with Gasteiger partial charge in [-0.1, -0.05) is 74.9 Å². The third-order valence-corrected chi connectivity index (χ3v) is 6.59. The Morgan fingerprint density at radius 1 is 0.724 bits per heavy atom. The maximum Gasteiger partial charge on any atom is 0.0255 e. The highest BCUT2D eigenvalue weighted by Gasteiger charge is 2.21. The van der Waals surface area contributed by atoms with Gasteiger partial charge in [-0.25, -0.2) is 0 Å². The van der Waals surface area contributed by atoms with Gasteiger partial charge >= 0.3 is 0 Å². The van der Waals surface area contributed by atoms with Gasteiger partial charge in [0.15, 0.2) is 0 Å². The number of hydrogen-bond acceptors (Lipinski definition) is 0. The van der Waals surface area contributed by atoms with Gasteiger partial charge in [0.1, 0.15) is 0 Å². The van der Waals surface area contributed by atoms with E-state index in [0.717, 1.165) is 29.4 Å². The van der Waals surface area contributed by atoms with E-state index < -0.39 is 0 Å². The molecule has 0 saturated heterocycles. The highest BCUT2D eigenvalue weighted by Crippen LogP contribution is 2.37. The van der Waals surface area contributed by atoms with Crippen molar-refractivity contribution in [1.29, 1.82) is 0 Å². The summed E-state index contributed by atoms with van der Waals surface area (Å²) in [6.07, 6.45) is 9.34. The van der Waals surface area contributed by atoms with Crippen molar-refractivity contribution in [3.63, 3.8) is 0 Å². The first kappa shape index (κ1) is 19.8. The summed E-state index contributed by atoms with van der Waals surface area (Å²) in [7, 11) is 0.